The van der Waals surface area contributed by atoms with Gasteiger partial charge in [0.15, 0.2) is 0 Å². The molecule has 0 aliphatic carbocycles. The number of carbonyl (C=O) groups excluding carboxylic acids is 2. The lowest BCUT2D eigenvalue weighted by atomic mass is 10.1. The van der Waals surface area contributed by atoms with E-state index in [1.807, 2.05) is 0 Å². The highest BCUT2D eigenvalue weighted by molar-refractivity contribution is 5.84. The highest BCUT2D eigenvalue weighted by Crippen LogP contribution is 2.11. The van der Waals surface area contributed by atoms with Gasteiger partial charge in [-0.25, -0.2) is 0 Å². The van der Waals surface area contributed by atoms with E-state index in [1.165, 1.54) is 6.20 Å². The number of primary amides is 1. The third-order valence-corrected chi connectivity index (χ3v) is 1.30. The molecule has 0 heterocycles. The first-order valence-corrected chi connectivity index (χ1v) is 4.21. The highest BCUT2D eigenvalue weighted by Gasteiger charge is 2.17. The third kappa shape index (κ3) is 8.55. The summed E-state index contributed by atoms with van der Waals surface area (Å²) in [7, 11) is 0. The fourth-order valence-corrected chi connectivity index (χ4v) is 0.622. The molecule has 0 spiro atoms. The lowest BCUT2D eigenvalue weighted by Gasteiger charge is -2.34. The second-order valence-corrected chi connectivity index (χ2v) is 3.60. The second kappa shape index (κ2) is 6.64. The molecule has 86 valence electrons. The summed E-state index contributed by atoms with van der Waals surface area (Å²) >= 11 is 0. The number of carboxylic acid groups (broad SMARTS) is 1. The molecule has 0 radical (unpaired) electrons. The predicted molar refractivity (Wildman–Crippen MR) is 56.6 cm³/mol. The number of rotatable bonds is 2. The zero-order valence-corrected chi connectivity index (χ0v) is 9.32. The Hall–Kier alpha value is -1.78. The summed E-state index contributed by atoms with van der Waals surface area (Å²) in [6, 6.07) is 0. The number of hydrogen-bond donors (Lipinski definition) is 1. The van der Waals surface area contributed by atoms with Crippen LogP contribution < -0.4 is 10.8 Å². The summed E-state index contributed by atoms with van der Waals surface area (Å²) in [6.07, 6.45) is 1.08. The van der Waals surface area contributed by atoms with E-state index in [2.05, 4.69) is 18.9 Å². The van der Waals surface area contributed by atoms with Crippen LogP contribution in [0.1, 0.15) is 20.8 Å². The smallest absolute Gasteiger partial charge is 0.240 e. The van der Waals surface area contributed by atoms with E-state index in [1.54, 1.807) is 20.8 Å². The summed E-state index contributed by atoms with van der Waals surface area (Å²) in [5.41, 5.74) is 4.08. The van der Waals surface area contributed by atoms with Crippen molar-refractivity contribution in [3.05, 3.63) is 25.4 Å². The van der Waals surface area contributed by atoms with Crippen molar-refractivity contribution in [2.75, 3.05) is 0 Å². The molecule has 0 aliphatic rings. The SMILES string of the molecule is C=CC(N)=O.C=CN(C(=O)[O-])C(C)(C)C. The molecule has 2 N–H and O–H groups in total. The number of nitrogens with two attached hydrogens (primary N) is 1. The van der Waals surface area contributed by atoms with Crippen molar-refractivity contribution in [1.82, 2.24) is 4.90 Å². The average Bonchev–Trinajstić information content (AvgIpc) is 2.02. The first-order chi connectivity index (χ1) is 6.66. The maximum absolute atomic E-state index is 10.3. The van der Waals surface area contributed by atoms with Crippen LogP contribution in [0, 0.1) is 0 Å². The molecular formula is C10H17N2O3-. The summed E-state index contributed by atoms with van der Waals surface area (Å²) in [5, 5.41) is 10.3. The highest BCUT2D eigenvalue weighted by atomic mass is 16.4. The van der Waals surface area contributed by atoms with Crippen LogP contribution in [0.5, 0.6) is 0 Å². The van der Waals surface area contributed by atoms with Gasteiger partial charge in [0.25, 0.3) is 0 Å². The van der Waals surface area contributed by atoms with E-state index in [9.17, 15) is 14.7 Å². The maximum atomic E-state index is 10.3. The third-order valence-electron chi connectivity index (χ3n) is 1.30. The van der Waals surface area contributed by atoms with Crippen molar-refractivity contribution in [2.45, 2.75) is 26.3 Å². The number of nitrogens with zero attached hydrogens (tertiary/aromatic N) is 1. The molecule has 0 aliphatic heterocycles. The van der Waals surface area contributed by atoms with E-state index >= 15 is 0 Å². The van der Waals surface area contributed by atoms with Crippen LogP contribution in [0.2, 0.25) is 0 Å². The quantitative estimate of drug-likeness (QED) is 0.666. The Kier molecular flexibility index (Phi) is 6.94. The summed E-state index contributed by atoms with van der Waals surface area (Å²) in [6.45, 7) is 11.7. The van der Waals surface area contributed by atoms with Gasteiger partial charge in [0.2, 0.25) is 5.91 Å². The van der Waals surface area contributed by atoms with Crippen LogP contribution in [0.25, 0.3) is 0 Å². The molecule has 0 aromatic carbocycles. The van der Waals surface area contributed by atoms with Gasteiger partial charge in [0.1, 0.15) is 6.09 Å². The van der Waals surface area contributed by atoms with Crippen molar-refractivity contribution in [3.63, 3.8) is 0 Å². The molecule has 0 atom stereocenters. The Morgan fingerprint density at radius 2 is 1.67 bits per heavy atom. The van der Waals surface area contributed by atoms with Crippen molar-refractivity contribution < 1.29 is 14.7 Å². The van der Waals surface area contributed by atoms with Gasteiger partial charge in [-0.3, -0.25) is 4.79 Å². The Balaban J connectivity index is 0. The van der Waals surface area contributed by atoms with Gasteiger partial charge in [-0.2, -0.15) is 0 Å². The molecule has 0 rings (SSSR count). The fourth-order valence-electron chi connectivity index (χ4n) is 0.622. The van der Waals surface area contributed by atoms with Gasteiger partial charge < -0.3 is 20.5 Å². The molecule has 5 nitrogen and oxygen atoms in total. The van der Waals surface area contributed by atoms with Gasteiger partial charge in [-0.05, 0) is 33.0 Å². The second-order valence-electron chi connectivity index (χ2n) is 3.60. The van der Waals surface area contributed by atoms with Gasteiger partial charge >= 0.3 is 0 Å². The monoisotopic (exact) mass is 213 g/mol. The fraction of sp³-hybridized carbons (Fsp3) is 0.400. The van der Waals surface area contributed by atoms with Gasteiger partial charge in [0.05, 0.1) is 0 Å². The molecule has 15 heavy (non-hydrogen) atoms. The zero-order valence-electron chi connectivity index (χ0n) is 9.32. The molecule has 0 saturated heterocycles. The Morgan fingerprint density at radius 1 is 1.33 bits per heavy atom. The first-order valence-electron chi connectivity index (χ1n) is 4.21. The molecular weight excluding hydrogens is 196 g/mol. The van der Waals surface area contributed by atoms with Crippen LogP contribution >= 0.6 is 0 Å². The van der Waals surface area contributed by atoms with Crippen LogP contribution in [0.15, 0.2) is 25.4 Å². The zero-order chi connectivity index (χ0) is 12.6. The molecule has 0 saturated carbocycles. The Morgan fingerprint density at radius 3 is 1.67 bits per heavy atom. The standard InChI is InChI=1S/C7H13NO2.C3H5NO/c1-5-8(6(9)10)7(2,3)4;1-2-3(4)5/h5H,1H2,2-4H3,(H,9,10);2H,1H2,(H2,4,5)/p-1. The number of carbonyl (C=O) groups is 2. The van der Waals surface area contributed by atoms with Crippen LogP contribution in [0.3, 0.4) is 0 Å². The minimum atomic E-state index is -1.22. The van der Waals surface area contributed by atoms with Gasteiger partial charge in [0, 0.05) is 5.54 Å². The lowest BCUT2D eigenvalue weighted by molar-refractivity contribution is -0.266. The number of hydrogen-bond acceptors (Lipinski definition) is 3. The van der Waals surface area contributed by atoms with Gasteiger partial charge in [-0.1, -0.05) is 13.2 Å². The average molecular weight is 213 g/mol. The molecule has 2 amide bonds. The largest absolute Gasteiger partial charge is 0.530 e. The Bertz CT molecular complexity index is 254. The van der Waals surface area contributed by atoms with E-state index in [0.717, 1.165) is 11.0 Å². The van der Waals surface area contributed by atoms with Crippen molar-refractivity contribution in [2.24, 2.45) is 5.73 Å². The van der Waals surface area contributed by atoms with Crippen molar-refractivity contribution in [1.29, 1.82) is 0 Å². The number of amides is 2. The lowest BCUT2D eigenvalue weighted by Crippen LogP contribution is -2.48. The van der Waals surface area contributed by atoms with E-state index < -0.39 is 17.5 Å². The summed E-state index contributed by atoms with van der Waals surface area (Å²) < 4.78 is 0. The first kappa shape index (κ1) is 15.7. The Labute approximate surface area is 89.9 Å². The topological polar surface area (TPSA) is 86.5 Å². The van der Waals surface area contributed by atoms with E-state index in [-0.39, 0.29) is 0 Å². The summed E-state index contributed by atoms with van der Waals surface area (Å²) in [4.78, 5) is 20.8. The molecule has 0 fully saturated rings. The molecule has 0 unspecified atom stereocenters. The molecule has 0 aromatic rings. The van der Waals surface area contributed by atoms with Crippen molar-refractivity contribution in [3.8, 4) is 0 Å². The predicted octanol–water partition coefficient (Wildman–Crippen LogP) is 0.231. The minimum absolute atomic E-state index is 0.458. The van der Waals surface area contributed by atoms with Crippen LogP contribution in [-0.4, -0.2) is 22.4 Å². The van der Waals surface area contributed by atoms with Crippen LogP contribution in [0.4, 0.5) is 4.79 Å². The summed E-state index contributed by atoms with van der Waals surface area (Å²) in [5.74, 6) is -0.481. The van der Waals surface area contributed by atoms with E-state index in [4.69, 9.17) is 0 Å². The molecule has 0 bridgehead atoms. The normalized spacial score (nSPS) is 9.27. The van der Waals surface area contributed by atoms with Gasteiger partial charge in [-0.15, -0.1) is 0 Å². The van der Waals surface area contributed by atoms with E-state index in [0.29, 0.717) is 0 Å². The van der Waals surface area contributed by atoms with Crippen molar-refractivity contribution >= 4 is 12.0 Å². The molecule has 0 aromatic heterocycles. The molecule has 5 heteroatoms. The minimum Gasteiger partial charge on any atom is -0.530 e. The van der Waals surface area contributed by atoms with Crippen LogP contribution in [-0.2, 0) is 4.79 Å². The maximum Gasteiger partial charge on any atom is 0.240 e.